The van der Waals surface area contributed by atoms with Crippen molar-refractivity contribution < 1.29 is 4.79 Å². The minimum absolute atomic E-state index is 0.140. The third-order valence-electron chi connectivity index (χ3n) is 2.92. The fourth-order valence-electron chi connectivity index (χ4n) is 1.84. The van der Waals surface area contributed by atoms with Crippen LogP contribution in [-0.2, 0) is 4.79 Å². The van der Waals surface area contributed by atoms with Gasteiger partial charge in [-0.3, -0.25) is 4.79 Å². The van der Waals surface area contributed by atoms with Crippen LogP contribution >= 0.6 is 11.8 Å². The number of nitrogens with one attached hydrogen (secondary N) is 2. The molecule has 1 heterocycles. The van der Waals surface area contributed by atoms with Gasteiger partial charge in [-0.1, -0.05) is 30.0 Å². The quantitative estimate of drug-likeness (QED) is 0.841. The molecule has 2 aromatic rings. The zero-order valence-electron chi connectivity index (χ0n) is 12.1. The Kier molecular flexibility index (Phi) is 4.74. The van der Waals surface area contributed by atoms with E-state index in [4.69, 9.17) is 0 Å². The summed E-state index contributed by atoms with van der Waals surface area (Å²) in [6, 6.07) is 5.84. The molecule has 1 aromatic heterocycles. The van der Waals surface area contributed by atoms with E-state index in [9.17, 15) is 9.59 Å². The Labute approximate surface area is 126 Å². The second-order valence-corrected chi connectivity index (χ2v) is 5.60. The first-order chi connectivity index (χ1) is 9.97. The summed E-state index contributed by atoms with van der Waals surface area (Å²) in [5.74, 6) is 0.0334. The van der Waals surface area contributed by atoms with Gasteiger partial charge in [-0.2, -0.15) is 10.1 Å². The summed E-state index contributed by atoms with van der Waals surface area (Å²) in [5, 5.41) is 9.42. The van der Waals surface area contributed by atoms with E-state index in [2.05, 4.69) is 20.5 Å². The molecule has 21 heavy (non-hydrogen) atoms. The van der Waals surface area contributed by atoms with Crippen LogP contribution in [0.15, 0.2) is 28.0 Å². The number of aromatic amines is 1. The molecule has 0 atom stereocenters. The van der Waals surface area contributed by atoms with Crippen molar-refractivity contribution in [2.45, 2.75) is 25.8 Å². The first kappa shape index (κ1) is 15.2. The van der Waals surface area contributed by atoms with Crippen LogP contribution in [0.25, 0.3) is 0 Å². The molecule has 7 heteroatoms. The van der Waals surface area contributed by atoms with Crippen molar-refractivity contribution in [3.8, 4) is 0 Å². The average Bonchev–Trinajstić information content (AvgIpc) is 2.44. The normalized spacial score (nSPS) is 10.4. The molecule has 0 bridgehead atoms. The smallest absolute Gasteiger partial charge is 0.325 e. The van der Waals surface area contributed by atoms with E-state index in [0.29, 0.717) is 10.7 Å². The molecule has 0 spiro atoms. The fraction of sp³-hybridized carbons (Fsp3) is 0.286. The number of carbonyl (C=O) groups excluding carboxylic acids is 1. The molecule has 0 unspecified atom stereocenters. The minimum atomic E-state index is -0.516. The number of aryl methyl sites for hydroxylation is 3. The SMILES string of the molecule is Cc1cccc(C)c1NC(=O)CSc1nc(=O)[nH]nc1C. The number of thioether (sulfide) groups is 1. The number of hydrogen-bond donors (Lipinski definition) is 2. The summed E-state index contributed by atoms with van der Waals surface area (Å²) in [6.07, 6.45) is 0. The van der Waals surface area contributed by atoms with Crippen LogP contribution in [0.5, 0.6) is 0 Å². The van der Waals surface area contributed by atoms with Gasteiger partial charge in [0.25, 0.3) is 0 Å². The Bertz CT molecular complexity index is 707. The third-order valence-corrected chi connectivity index (χ3v) is 3.98. The topological polar surface area (TPSA) is 87.7 Å². The molecule has 1 amide bonds. The number of amides is 1. The summed E-state index contributed by atoms with van der Waals surface area (Å²) >= 11 is 1.19. The summed E-state index contributed by atoms with van der Waals surface area (Å²) in [6.45, 7) is 5.62. The van der Waals surface area contributed by atoms with Crippen LogP contribution in [0.4, 0.5) is 5.69 Å². The molecular formula is C14H16N4O2S. The van der Waals surface area contributed by atoms with Crippen molar-refractivity contribution in [1.82, 2.24) is 15.2 Å². The minimum Gasteiger partial charge on any atom is -0.325 e. The fourth-order valence-corrected chi connectivity index (χ4v) is 2.58. The van der Waals surface area contributed by atoms with Crippen molar-refractivity contribution >= 4 is 23.4 Å². The average molecular weight is 304 g/mol. The summed E-state index contributed by atoms with van der Waals surface area (Å²) in [4.78, 5) is 26.9. The van der Waals surface area contributed by atoms with Crippen LogP contribution in [0, 0.1) is 20.8 Å². The molecule has 2 rings (SSSR count). The highest BCUT2D eigenvalue weighted by molar-refractivity contribution is 8.00. The van der Waals surface area contributed by atoms with Crippen molar-refractivity contribution in [3.05, 3.63) is 45.5 Å². The number of hydrogen-bond acceptors (Lipinski definition) is 5. The molecule has 0 aliphatic rings. The second-order valence-electron chi connectivity index (χ2n) is 4.63. The van der Waals surface area contributed by atoms with Gasteiger partial charge in [-0.25, -0.2) is 9.89 Å². The Balaban J connectivity index is 2.03. The van der Waals surface area contributed by atoms with E-state index in [1.807, 2.05) is 32.0 Å². The molecule has 2 N–H and O–H groups in total. The van der Waals surface area contributed by atoms with Gasteiger partial charge in [-0.15, -0.1) is 0 Å². The van der Waals surface area contributed by atoms with Gasteiger partial charge < -0.3 is 5.32 Å². The third kappa shape index (κ3) is 3.91. The summed E-state index contributed by atoms with van der Waals surface area (Å²) in [5.41, 5.74) is 2.94. The molecule has 0 aliphatic carbocycles. The lowest BCUT2D eigenvalue weighted by molar-refractivity contribution is -0.113. The predicted octanol–water partition coefficient (Wildman–Crippen LogP) is 1.82. The summed E-state index contributed by atoms with van der Waals surface area (Å²) < 4.78 is 0. The maximum Gasteiger partial charge on any atom is 0.362 e. The zero-order valence-corrected chi connectivity index (χ0v) is 12.9. The number of anilines is 1. The lowest BCUT2D eigenvalue weighted by Gasteiger charge is -2.11. The van der Waals surface area contributed by atoms with E-state index < -0.39 is 5.69 Å². The van der Waals surface area contributed by atoms with E-state index in [1.165, 1.54) is 11.8 Å². The van der Waals surface area contributed by atoms with Gasteiger partial charge in [0.1, 0.15) is 5.03 Å². The van der Waals surface area contributed by atoms with E-state index in [1.54, 1.807) is 6.92 Å². The number of para-hydroxylation sites is 1. The first-order valence-corrected chi connectivity index (χ1v) is 7.38. The molecule has 0 fully saturated rings. The molecule has 1 aromatic carbocycles. The van der Waals surface area contributed by atoms with Gasteiger partial charge in [0, 0.05) is 5.69 Å². The van der Waals surface area contributed by atoms with E-state index in [0.717, 1.165) is 16.8 Å². The monoisotopic (exact) mass is 304 g/mol. The maximum absolute atomic E-state index is 12.0. The summed E-state index contributed by atoms with van der Waals surface area (Å²) in [7, 11) is 0. The number of H-pyrrole nitrogens is 1. The lowest BCUT2D eigenvalue weighted by atomic mass is 10.1. The van der Waals surface area contributed by atoms with Crippen LogP contribution in [0.1, 0.15) is 16.8 Å². The molecule has 0 aliphatic heterocycles. The number of carbonyl (C=O) groups is 1. The zero-order chi connectivity index (χ0) is 15.4. The Morgan fingerprint density at radius 1 is 1.29 bits per heavy atom. The van der Waals surface area contributed by atoms with Crippen LogP contribution < -0.4 is 11.0 Å². The Hall–Kier alpha value is -2.15. The maximum atomic E-state index is 12.0. The van der Waals surface area contributed by atoms with Crippen molar-refractivity contribution in [1.29, 1.82) is 0 Å². The number of rotatable bonds is 4. The predicted molar refractivity (Wildman–Crippen MR) is 82.7 cm³/mol. The molecule has 0 saturated heterocycles. The van der Waals surface area contributed by atoms with E-state index in [-0.39, 0.29) is 11.7 Å². The standard InChI is InChI=1S/C14H16N4O2S/c1-8-5-4-6-9(2)12(8)15-11(19)7-21-13-10(3)17-18-14(20)16-13/h4-6H,7H2,1-3H3,(H,15,19)(H,16,18,20). The highest BCUT2D eigenvalue weighted by atomic mass is 32.2. The number of nitrogens with zero attached hydrogens (tertiary/aromatic N) is 2. The van der Waals surface area contributed by atoms with Crippen molar-refractivity contribution in [2.75, 3.05) is 11.1 Å². The van der Waals surface area contributed by atoms with Gasteiger partial charge in [-0.05, 0) is 31.9 Å². The molecule has 0 saturated carbocycles. The highest BCUT2D eigenvalue weighted by Crippen LogP contribution is 2.21. The van der Waals surface area contributed by atoms with Crippen LogP contribution in [-0.4, -0.2) is 26.8 Å². The molecule has 0 radical (unpaired) electrons. The number of benzene rings is 1. The van der Waals surface area contributed by atoms with Crippen molar-refractivity contribution in [2.24, 2.45) is 0 Å². The first-order valence-electron chi connectivity index (χ1n) is 6.39. The molecule has 110 valence electrons. The van der Waals surface area contributed by atoms with Crippen LogP contribution in [0.2, 0.25) is 0 Å². The van der Waals surface area contributed by atoms with Gasteiger partial charge in [0.2, 0.25) is 5.91 Å². The van der Waals surface area contributed by atoms with Gasteiger partial charge >= 0.3 is 5.69 Å². The Morgan fingerprint density at radius 2 is 1.95 bits per heavy atom. The van der Waals surface area contributed by atoms with Crippen LogP contribution in [0.3, 0.4) is 0 Å². The largest absolute Gasteiger partial charge is 0.362 e. The Morgan fingerprint density at radius 3 is 2.62 bits per heavy atom. The van der Waals surface area contributed by atoms with Gasteiger partial charge in [0.05, 0.1) is 11.4 Å². The number of aromatic nitrogens is 3. The molecule has 6 nitrogen and oxygen atoms in total. The lowest BCUT2D eigenvalue weighted by Crippen LogP contribution is -2.18. The van der Waals surface area contributed by atoms with E-state index >= 15 is 0 Å². The van der Waals surface area contributed by atoms with Gasteiger partial charge in [0.15, 0.2) is 0 Å². The second kappa shape index (κ2) is 6.53. The molecular weight excluding hydrogens is 288 g/mol. The van der Waals surface area contributed by atoms with Crippen molar-refractivity contribution in [3.63, 3.8) is 0 Å². The highest BCUT2D eigenvalue weighted by Gasteiger charge is 2.10.